The number of furan rings is 1. The molecule has 0 spiro atoms. The molecular formula is C24H23BN4O5. The van der Waals surface area contributed by atoms with Crippen molar-refractivity contribution in [2.75, 3.05) is 11.9 Å². The Hall–Kier alpha value is -3.89. The Morgan fingerprint density at radius 1 is 1.21 bits per heavy atom. The topological polar surface area (TPSA) is 144 Å². The van der Waals surface area contributed by atoms with Crippen molar-refractivity contribution >= 4 is 35.3 Å². The Morgan fingerprint density at radius 2 is 2.03 bits per heavy atom. The number of carbonyl (C=O) groups is 1. The van der Waals surface area contributed by atoms with Gasteiger partial charge >= 0.3 is 7.12 Å². The molecule has 4 aromatic rings. The molecule has 1 aliphatic rings. The van der Waals surface area contributed by atoms with Gasteiger partial charge in [0, 0.05) is 11.9 Å². The van der Waals surface area contributed by atoms with E-state index in [9.17, 15) is 14.8 Å². The van der Waals surface area contributed by atoms with E-state index in [-0.39, 0.29) is 0 Å². The fraction of sp³-hybridized carbons (Fsp3) is 0.208. The van der Waals surface area contributed by atoms with Gasteiger partial charge in [0.05, 0.1) is 23.4 Å². The first kappa shape index (κ1) is 21.9. The Balaban J connectivity index is 1.57. The highest BCUT2D eigenvalue weighted by molar-refractivity contribution is 6.58. The summed E-state index contributed by atoms with van der Waals surface area (Å²) in [5.74, 6) is 1.62. The average molecular weight is 458 g/mol. The molecule has 10 heteroatoms. The second-order valence-corrected chi connectivity index (χ2v) is 8.18. The molecule has 3 heterocycles. The second kappa shape index (κ2) is 8.81. The number of carbonyl (C=O) groups excluding carboxylic acids is 1. The molecule has 172 valence electrons. The summed E-state index contributed by atoms with van der Waals surface area (Å²) >= 11 is 0. The van der Waals surface area contributed by atoms with E-state index >= 15 is 0 Å². The summed E-state index contributed by atoms with van der Waals surface area (Å²) in [5, 5.41) is 22.9. The zero-order valence-corrected chi connectivity index (χ0v) is 18.5. The highest BCUT2D eigenvalue weighted by Crippen LogP contribution is 2.38. The summed E-state index contributed by atoms with van der Waals surface area (Å²) in [6.45, 7) is 2.77. The minimum Gasteiger partial charge on any atom is -0.488 e. The molecule has 0 saturated heterocycles. The molecule has 1 aliphatic heterocycles. The van der Waals surface area contributed by atoms with Gasteiger partial charge in [0.15, 0.2) is 17.4 Å². The quantitative estimate of drug-likeness (QED) is 0.321. The van der Waals surface area contributed by atoms with E-state index in [1.165, 1.54) is 0 Å². The molecule has 0 saturated carbocycles. The van der Waals surface area contributed by atoms with Gasteiger partial charge in [-0.2, -0.15) is 0 Å². The number of fused-ring (bicyclic) bond motifs is 2. The SMILES string of the molecule is Cc1oc2c(C(N)=O)cccc2c1-c1nc2c(c(NCc3cccc(B(O)O)c3)n1)OCCC2. The van der Waals surface area contributed by atoms with E-state index in [2.05, 4.69) is 5.32 Å². The number of para-hydroxylation sites is 1. The van der Waals surface area contributed by atoms with Crippen molar-refractivity contribution in [3.63, 3.8) is 0 Å². The van der Waals surface area contributed by atoms with Crippen LogP contribution in [0.3, 0.4) is 0 Å². The number of hydrogen-bond acceptors (Lipinski definition) is 8. The zero-order chi connectivity index (χ0) is 23.8. The maximum Gasteiger partial charge on any atom is 0.488 e. The summed E-state index contributed by atoms with van der Waals surface area (Å²) in [7, 11) is -1.54. The fourth-order valence-corrected chi connectivity index (χ4v) is 4.22. The summed E-state index contributed by atoms with van der Waals surface area (Å²) < 4.78 is 11.8. The number of rotatable bonds is 6. The van der Waals surface area contributed by atoms with Crippen LogP contribution in [0.4, 0.5) is 5.82 Å². The molecule has 5 N–H and O–H groups in total. The van der Waals surface area contributed by atoms with Gasteiger partial charge in [-0.1, -0.05) is 36.4 Å². The number of hydrogen-bond donors (Lipinski definition) is 4. The number of aromatic nitrogens is 2. The molecular weight excluding hydrogens is 435 g/mol. The van der Waals surface area contributed by atoms with E-state index in [0.29, 0.717) is 63.9 Å². The third-order valence-electron chi connectivity index (χ3n) is 5.83. The monoisotopic (exact) mass is 458 g/mol. The van der Waals surface area contributed by atoms with Gasteiger partial charge in [-0.15, -0.1) is 0 Å². The Kier molecular flexibility index (Phi) is 5.68. The third-order valence-corrected chi connectivity index (χ3v) is 5.83. The molecule has 0 aliphatic carbocycles. The summed E-state index contributed by atoms with van der Waals surface area (Å²) in [6.07, 6.45) is 1.59. The van der Waals surface area contributed by atoms with Gasteiger partial charge in [-0.05, 0) is 36.9 Å². The number of benzene rings is 2. The van der Waals surface area contributed by atoms with Crippen LogP contribution in [-0.4, -0.2) is 39.6 Å². The van der Waals surface area contributed by atoms with Crippen molar-refractivity contribution in [3.8, 4) is 17.1 Å². The van der Waals surface area contributed by atoms with Crippen LogP contribution in [0.15, 0.2) is 46.9 Å². The van der Waals surface area contributed by atoms with Crippen LogP contribution in [0.1, 0.15) is 33.8 Å². The molecule has 2 aromatic carbocycles. The maximum atomic E-state index is 11.9. The van der Waals surface area contributed by atoms with Gasteiger partial charge in [0.25, 0.3) is 5.91 Å². The van der Waals surface area contributed by atoms with Crippen LogP contribution in [0.25, 0.3) is 22.4 Å². The number of nitrogens with zero attached hydrogens (tertiary/aromatic N) is 2. The van der Waals surface area contributed by atoms with Crippen LogP contribution in [0.5, 0.6) is 5.75 Å². The lowest BCUT2D eigenvalue weighted by atomic mass is 9.80. The predicted molar refractivity (Wildman–Crippen MR) is 128 cm³/mol. The van der Waals surface area contributed by atoms with Crippen LogP contribution >= 0.6 is 0 Å². The summed E-state index contributed by atoms with van der Waals surface area (Å²) in [4.78, 5) is 21.4. The molecule has 9 nitrogen and oxygen atoms in total. The number of nitrogens with two attached hydrogens (primary N) is 1. The molecule has 0 bridgehead atoms. The van der Waals surface area contributed by atoms with E-state index in [1.54, 1.807) is 37.3 Å². The first-order valence-corrected chi connectivity index (χ1v) is 11.0. The molecule has 2 aromatic heterocycles. The first-order valence-electron chi connectivity index (χ1n) is 11.0. The van der Waals surface area contributed by atoms with Gasteiger partial charge in [0.2, 0.25) is 0 Å². The fourth-order valence-electron chi connectivity index (χ4n) is 4.22. The lowest BCUT2D eigenvalue weighted by Crippen LogP contribution is -2.30. The highest BCUT2D eigenvalue weighted by Gasteiger charge is 2.24. The Morgan fingerprint density at radius 3 is 2.82 bits per heavy atom. The van der Waals surface area contributed by atoms with Crippen LogP contribution < -0.4 is 21.3 Å². The molecule has 0 fully saturated rings. The van der Waals surface area contributed by atoms with Crippen molar-refractivity contribution in [2.24, 2.45) is 5.73 Å². The van der Waals surface area contributed by atoms with Crippen LogP contribution in [0, 0.1) is 6.92 Å². The van der Waals surface area contributed by atoms with Crippen molar-refractivity contribution < 1.29 is 24.0 Å². The van der Waals surface area contributed by atoms with Gasteiger partial charge in [-0.25, -0.2) is 9.97 Å². The number of aryl methyl sites for hydroxylation is 2. The van der Waals surface area contributed by atoms with E-state index < -0.39 is 13.0 Å². The highest BCUT2D eigenvalue weighted by atomic mass is 16.5. The molecule has 34 heavy (non-hydrogen) atoms. The minimum atomic E-state index is -1.54. The van der Waals surface area contributed by atoms with E-state index in [0.717, 1.165) is 24.1 Å². The predicted octanol–water partition coefficient (Wildman–Crippen LogP) is 1.91. The Labute approximate surface area is 195 Å². The van der Waals surface area contributed by atoms with Gasteiger partial charge in [0.1, 0.15) is 11.3 Å². The number of primary amides is 1. The molecule has 5 rings (SSSR count). The minimum absolute atomic E-state index is 0.303. The van der Waals surface area contributed by atoms with Crippen molar-refractivity contribution in [1.82, 2.24) is 9.97 Å². The molecule has 1 amide bonds. The Bertz CT molecular complexity index is 1400. The average Bonchev–Trinajstić information content (AvgIpc) is 3.18. The second-order valence-electron chi connectivity index (χ2n) is 8.18. The smallest absolute Gasteiger partial charge is 0.488 e. The summed E-state index contributed by atoms with van der Waals surface area (Å²) in [5.41, 5.74) is 8.99. The van der Waals surface area contributed by atoms with Crippen molar-refractivity contribution in [3.05, 3.63) is 65.0 Å². The van der Waals surface area contributed by atoms with E-state index in [1.807, 2.05) is 12.1 Å². The van der Waals surface area contributed by atoms with Crippen LogP contribution in [-0.2, 0) is 13.0 Å². The maximum absolute atomic E-state index is 11.9. The lowest BCUT2D eigenvalue weighted by Gasteiger charge is -2.20. The normalized spacial score (nSPS) is 12.8. The van der Waals surface area contributed by atoms with Crippen molar-refractivity contribution in [2.45, 2.75) is 26.3 Å². The molecule has 0 atom stereocenters. The van der Waals surface area contributed by atoms with Crippen molar-refractivity contribution in [1.29, 1.82) is 0 Å². The van der Waals surface area contributed by atoms with Gasteiger partial charge in [-0.3, -0.25) is 4.79 Å². The standard InChI is InChI=1S/C24H23BN4O5/c1-13-19(16-7-3-8-17(22(26)30)20(16)34-13)23-28-18-9-4-10-33-21(18)24(29-23)27-12-14-5-2-6-15(11-14)25(31)32/h2-3,5-8,11,31-32H,4,9-10,12H2,1H3,(H2,26,30)(H,27,28,29). The zero-order valence-electron chi connectivity index (χ0n) is 18.5. The number of amides is 1. The van der Waals surface area contributed by atoms with E-state index in [4.69, 9.17) is 24.9 Å². The van der Waals surface area contributed by atoms with Gasteiger partial charge < -0.3 is 30.3 Å². The van der Waals surface area contributed by atoms with Crippen LogP contribution in [0.2, 0.25) is 0 Å². The lowest BCUT2D eigenvalue weighted by molar-refractivity contribution is 0.100. The number of nitrogens with one attached hydrogen (secondary N) is 1. The largest absolute Gasteiger partial charge is 0.488 e. The first-order chi connectivity index (χ1) is 16.4. The molecule has 0 radical (unpaired) electrons. The molecule has 0 unspecified atom stereocenters. The summed E-state index contributed by atoms with van der Waals surface area (Å²) in [6, 6.07) is 12.2. The number of ether oxygens (including phenoxy) is 1. The number of anilines is 1. The third kappa shape index (κ3) is 3.97.